The molecule has 0 atom stereocenters. The van der Waals surface area contributed by atoms with E-state index in [1.54, 1.807) is 0 Å². The molecule has 1 N–H and O–H groups in total. The summed E-state index contributed by atoms with van der Waals surface area (Å²) in [5, 5.41) is 4.78. The lowest BCUT2D eigenvalue weighted by Gasteiger charge is -2.09. The van der Waals surface area contributed by atoms with Crippen molar-refractivity contribution in [2.45, 2.75) is 20.4 Å². The molecule has 1 amide bonds. The van der Waals surface area contributed by atoms with Gasteiger partial charge < -0.3 is 5.32 Å². The maximum atomic E-state index is 12.8. The first-order valence-electron chi connectivity index (χ1n) is 8.92. The van der Waals surface area contributed by atoms with E-state index in [4.69, 9.17) is 0 Å². The summed E-state index contributed by atoms with van der Waals surface area (Å²) in [6.45, 7) is 3.94. The average molecular weight is 389 g/mol. The Hall–Kier alpha value is -3.25. The number of hydrogen-bond donors (Lipinski definition) is 1. The largest absolute Gasteiger partial charge is 0.325 e. The molecule has 0 spiro atoms. The molecule has 0 aliphatic heterocycles. The zero-order valence-corrected chi connectivity index (χ0v) is 16.4. The highest BCUT2D eigenvalue weighted by Crippen LogP contribution is 2.30. The number of amides is 1. The first-order valence-corrected chi connectivity index (χ1v) is 9.80. The fourth-order valence-corrected chi connectivity index (χ4v) is 4.03. The summed E-state index contributed by atoms with van der Waals surface area (Å²) in [5.74, 6) is -0.258. The predicted molar refractivity (Wildman–Crippen MR) is 114 cm³/mol. The van der Waals surface area contributed by atoms with Crippen molar-refractivity contribution in [3.63, 3.8) is 0 Å². The number of benzene rings is 2. The van der Waals surface area contributed by atoms with Gasteiger partial charge in [0, 0.05) is 16.6 Å². The van der Waals surface area contributed by atoms with Gasteiger partial charge in [0.1, 0.15) is 11.2 Å². The molecule has 2 aromatic heterocycles. The van der Waals surface area contributed by atoms with E-state index < -0.39 is 0 Å². The van der Waals surface area contributed by atoms with Gasteiger partial charge in [0.25, 0.3) is 5.56 Å². The standard InChI is InChI=1S/C22H19N3O2S/c1-14-8-9-17(10-15(14)2)24-19(26)11-25-13-23-20-18(12-28-21(20)22(25)27)16-6-4-3-5-7-16/h3-10,12-13H,11H2,1-2H3,(H,24,26). The molecule has 5 nitrogen and oxygen atoms in total. The minimum atomic E-state index is -0.258. The van der Waals surface area contributed by atoms with Gasteiger partial charge in [0.2, 0.25) is 5.91 Å². The van der Waals surface area contributed by atoms with Crippen LogP contribution in [-0.4, -0.2) is 15.5 Å². The molecule has 0 saturated carbocycles. The lowest BCUT2D eigenvalue weighted by molar-refractivity contribution is -0.116. The number of hydrogen-bond acceptors (Lipinski definition) is 4. The molecule has 2 aromatic carbocycles. The molecule has 0 unspecified atom stereocenters. The maximum absolute atomic E-state index is 12.8. The lowest BCUT2D eigenvalue weighted by Crippen LogP contribution is -2.27. The fraction of sp³-hybridized carbons (Fsp3) is 0.136. The Morgan fingerprint density at radius 3 is 2.64 bits per heavy atom. The Morgan fingerprint density at radius 1 is 1.11 bits per heavy atom. The van der Waals surface area contributed by atoms with Crippen molar-refractivity contribution in [1.82, 2.24) is 9.55 Å². The number of rotatable bonds is 4. The fourth-order valence-electron chi connectivity index (χ4n) is 3.05. The molecule has 28 heavy (non-hydrogen) atoms. The smallest absolute Gasteiger partial charge is 0.271 e. The Kier molecular flexibility index (Phi) is 4.79. The molecule has 4 rings (SSSR count). The van der Waals surface area contributed by atoms with Gasteiger partial charge in [-0.05, 0) is 42.7 Å². The van der Waals surface area contributed by atoms with Gasteiger partial charge in [-0.1, -0.05) is 36.4 Å². The van der Waals surface area contributed by atoms with Crippen molar-refractivity contribution in [2.75, 3.05) is 5.32 Å². The summed E-state index contributed by atoms with van der Waals surface area (Å²) in [4.78, 5) is 29.7. The van der Waals surface area contributed by atoms with E-state index in [9.17, 15) is 9.59 Å². The first-order chi connectivity index (χ1) is 13.5. The van der Waals surface area contributed by atoms with Crippen LogP contribution in [0.25, 0.3) is 21.3 Å². The normalized spacial score (nSPS) is 10.9. The first kappa shape index (κ1) is 18.1. The van der Waals surface area contributed by atoms with E-state index in [1.165, 1.54) is 22.2 Å². The molecule has 4 aromatic rings. The van der Waals surface area contributed by atoms with Gasteiger partial charge in [-0.2, -0.15) is 0 Å². The number of carbonyl (C=O) groups is 1. The maximum Gasteiger partial charge on any atom is 0.271 e. The number of nitrogens with one attached hydrogen (secondary N) is 1. The van der Waals surface area contributed by atoms with E-state index >= 15 is 0 Å². The van der Waals surface area contributed by atoms with E-state index in [-0.39, 0.29) is 18.0 Å². The predicted octanol–water partition coefficient (Wildman–Crippen LogP) is 4.38. The second-order valence-corrected chi connectivity index (χ2v) is 7.60. The van der Waals surface area contributed by atoms with Crippen molar-refractivity contribution in [2.24, 2.45) is 0 Å². The highest BCUT2D eigenvalue weighted by atomic mass is 32.1. The highest BCUT2D eigenvalue weighted by molar-refractivity contribution is 7.17. The molecule has 6 heteroatoms. The third kappa shape index (κ3) is 3.46. The van der Waals surface area contributed by atoms with Gasteiger partial charge in [-0.3, -0.25) is 14.2 Å². The van der Waals surface area contributed by atoms with E-state index in [0.717, 1.165) is 27.9 Å². The van der Waals surface area contributed by atoms with Crippen molar-refractivity contribution in [3.05, 3.63) is 81.7 Å². The molecule has 0 radical (unpaired) electrons. The van der Waals surface area contributed by atoms with E-state index in [1.807, 2.05) is 67.8 Å². The van der Waals surface area contributed by atoms with E-state index in [2.05, 4.69) is 10.3 Å². The summed E-state index contributed by atoms with van der Waals surface area (Å²) >= 11 is 1.36. The Balaban J connectivity index is 1.59. The molecule has 0 fully saturated rings. The molecule has 0 aliphatic carbocycles. The molecule has 2 heterocycles. The number of aryl methyl sites for hydroxylation is 2. The van der Waals surface area contributed by atoms with Crippen molar-refractivity contribution < 1.29 is 4.79 Å². The van der Waals surface area contributed by atoms with Crippen molar-refractivity contribution in [1.29, 1.82) is 0 Å². The second-order valence-electron chi connectivity index (χ2n) is 6.72. The van der Waals surface area contributed by atoms with Crippen LogP contribution < -0.4 is 10.9 Å². The van der Waals surface area contributed by atoms with Gasteiger partial charge in [0.15, 0.2) is 0 Å². The van der Waals surface area contributed by atoms with Gasteiger partial charge >= 0.3 is 0 Å². The van der Waals surface area contributed by atoms with Crippen LogP contribution in [0, 0.1) is 13.8 Å². The van der Waals surface area contributed by atoms with Crippen molar-refractivity contribution >= 4 is 33.1 Å². The van der Waals surface area contributed by atoms with Crippen LogP contribution in [0.4, 0.5) is 5.69 Å². The van der Waals surface area contributed by atoms with Crippen LogP contribution in [0.1, 0.15) is 11.1 Å². The quantitative estimate of drug-likeness (QED) is 0.563. The summed E-state index contributed by atoms with van der Waals surface area (Å²) in [5.41, 5.74) is 5.41. The van der Waals surface area contributed by atoms with Crippen molar-refractivity contribution in [3.8, 4) is 11.1 Å². The van der Waals surface area contributed by atoms with Crippen LogP contribution in [0.15, 0.2) is 65.0 Å². The molecule has 0 aliphatic rings. The Labute approximate surface area is 166 Å². The zero-order valence-electron chi connectivity index (χ0n) is 15.6. The van der Waals surface area contributed by atoms with Gasteiger partial charge in [-0.15, -0.1) is 11.3 Å². The van der Waals surface area contributed by atoms with E-state index in [0.29, 0.717) is 10.2 Å². The van der Waals surface area contributed by atoms with Crippen LogP contribution in [0.3, 0.4) is 0 Å². The number of carbonyl (C=O) groups excluding carboxylic acids is 1. The Morgan fingerprint density at radius 2 is 1.89 bits per heavy atom. The van der Waals surface area contributed by atoms with Gasteiger partial charge in [0.05, 0.1) is 11.8 Å². The lowest BCUT2D eigenvalue weighted by atomic mass is 10.1. The third-order valence-corrected chi connectivity index (χ3v) is 5.69. The second kappa shape index (κ2) is 7.40. The average Bonchev–Trinajstić information content (AvgIpc) is 3.12. The summed E-state index contributed by atoms with van der Waals surface area (Å²) in [6.07, 6.45) is 1.45. The number of aromatic nitrogens is 2. The van der Waals surface area contributed by atoms with Crippen LogP contribution in [-0.2, 0) is 11.3 Å². The number of nitrogens with zero attached hydrogens (tertiary/aromatic N) is 2. The summed E-state index contributed by atoms with van der Waals surface area (Å²) in [6, 6.07) is 15.6. The topological polar surface area (TPSA) is 64.0 Å². The molecular formula is C22H19N3O2S. The summed E-state index contributed by atoms with van der Waals surface area (Å²) < 4.78 is 1.91. The third-order valence-electron chi connectivity index (χ3n) is 4.74. The van der Waals surface area contributed by atoms with Gasteiger partial charge in [-0.25, -0.2) is 4.98 Å². The SMILES string of the molecule is Cc1ccc(NC(=O)Cn2cnc3c(-c4ccccc4)csc3c2=O)cc1C. The minimum absolute atomic E-state index is 0.0761. The number of anilines is 1. The highest BCUT2D eigenvalue weighted by Gasteiger charge is 2.14. The Bertz CT molecular complexity index is 1230. The molecule has 0 bridgehead atoms. The monoisotopic (exact) mass is 389 g/mol. The molecule has 140 valence electrons. The number of thiophene rings is 1. The number of fused-ring (bicyclic) bond motifs is 1. The molecule has 0 saturated heterocycles. The van der Waals surface area contributed by atoms with Crippen LogP contribution in [0.2, 0.25) is 0 Å². The summed E-state index contributed by atoms with van der Waals surface area (Å²) in [7, 11) is 0. The zero-order chi connectivity index (χ0) is 19.7. The van der Waals surface area contributed by atoms with Crippen LogP contribution in [0.5, 0.6) is 0 Å². The molecular weight excluding hydrogens is 370 g/mol. The van der Waals surface area contributed by atoms with Crippen LogP contribution >= 0.6 is 11.3 Å². The minimum Gasteiger partial charge on any atom is -0.325 e.